The van der Waals surface area contributed by atoms with Gasteiger partial charge in [0.05, 0.1) is 19.7 Å². The quantitative estimate of drug-likeness (QED) is 0.291. The molecule has 4 rings (SSSR count). The van der Waals surface area contributed by atoms with Crippen molar-refractivity contribution in [2.24, 2.45) is 0 Å². The summed E-state index contributed by atoms with van der Waals surface area (Å²) in [6.07, 6.45) is 0.717. The van der Waals surface area contributed by atoms with Gasteiger partial charge in [0, 0.05) is 12.1 Å². The van der Waals surface area contributed by atoms with Crippen molar-refractivity contribution in [3.63, 3.8) is 0 Å². The number of nitrogens with one attached hydrogen (secondary N) is 1. The molecule has 0 saturated carbocycles. The highest BCUT2D eigenvalue weighted by molar-refractivity contribution is 5.89. The topological polar surface area (TPSA) is 98.6 Å². The molecular formula is C31H37N5O4. The summed E-state index contributed by atoms with van der Waals surface area (Å²) in [6, 6.07) is 19.8. The number of ether oxygens (including phenoxy) is 2. The van der Waals surface area contributed by atoms with E-state index in [1.165, 1.54) is 0 Å². The van der Waals surface area contributed by atoms with Crippen LogP contribution in [0.2, 0.25) is 0 Å². The summed E-state index contributed by atoms with van der Waals surface area (Å²) in [4.78, 5) is 29.8. The molecule has 4 aromatic rings. The fourth-order valence-electron chi connectivity index (χ4n) is 4.45. The maximum Gasteiger partial charge on any atom is 0.247 e. The van der Waals surface area contributed by atoms with Crippen molar-refractivity contribution >= 4 is 22.8 Å². The van der Waals surface area contributed by atoms with Crippen LogP contribution in [0.1, 0.15) is 49.9 Å². The Hall–Kier alpha value is -4.40. The second-order valence-corrected chi connectivity index (χ2v) is 10.5. The van der Waals surface area contributed by atoms with E-state index < -0.39 is 11.6 Å². The minimum Gasteiger partial charge on any atom is -0.493 e. The zero-order chi connectivity index (χ0) is 28.9. The smallest absolute Gasteiger partial charge is 0.247 e. The Bertz CT molecular complexity index is 1480. The number of methoxy groups -OCH3 is 2. The molecule has 0 fully saturated rings. The van der Waals surface area contributed by atoms with Crippen LogP contribution in [0.5, 0.6) is 11.5 Å². The molecule has 9 nitrogen and oxygen atoms in total. The van der Waals surface area contributed by atoms with E-state index >= 15 is 0 Å². The second-order valence-electron chi connectivity index (χ2n) is 10.5. The predicted octanol–water partition coefficient (Wildman–Crippen LogP) is 4.83. The highest BCUT2D eigenvalue weighted by Crippen LogP contribution is 2.33. The lowest BCUT2D eigenvalue weighted by Crippen LogP contribution is -2.50. The number of hydrogen-bond acceptors (Lipinski definition) is 6. The van der Waals surface area contributed by atoms with Gasteiger partial charge in [-0.2, -0.15) is 0 Å². The molecule has 0 bridgehead atoms. The third kappa shape index (κ3) is 6.42. The van der Waals surface area contributed by atoms with Crippen molar-refractivity contribution in [2.45, 2.75) is 58.8 Å². The average molecular weight is 544 g/mol. The minimum absolute atomic E-state index is 0.0827. The van der Waals surface area contributed by atoms with Crippen LogP contribution in [0.15, 0.2) is 66.7 Å². The molecule has 3 aromatic carbocycles. The van der Waals surface area contributed by atoms with Gasteiger partial charge in [0.1, 0.15) is 18.1 Å². The lowest BCUT2D eigenvalue weighted by atomic mass is 9.97. The standard InChI is InChI=1S/C31H37N5O4/c1-7-31(3,4)32-30(38)29(23-16-17-26(39-5)27(18-23)40-6)35(19-22-14-12-21(2)13-15-22)28(37)20-36-25-11-9-8-10-24(25)33-34-36/h8-18,29H,7,19-20H2,1-6H3,(H,32,38). The van der Waals surface area contributed by atoms with Crippen molar-refractivity contribution in [1.29, 1.82) is 0 Å². The Morgan fingerprint density at radius 2 is 1.70 bits per heavy atom. The van der Waals surface area contributed by atoms with Crippen molar-refractivity contribution in [3.05, 3.63) is 83.4 Å². The molecule has 1 heterocycles. The first kappa shape index (κ1) is 28.6. The Morgan fingerprint density at radius 3 is 2.38 bits per heavy atom. The van der Waals surface area contributed by atoms with Gasteiger partial charge in [-0.05, 0) is 62.6 Å². The summed E-state index contributed by atoms with van der Waals surface area (Å²) in [7, 11) is 3.10. The molecule has 40 heavy (non-hydrogen) atoms. The number of fused-ring (bicyclic) bond motifs is 1. The van der Waals surface area contributed by atoms with E-state index in [4.69, 9.17) is 9.47 Å². The van der Waals surface area contributed by atoms with E-state index in [9.17, 15) is 9.59 Å². The molecular weight excluding hydrogens is 506 g/mol. The van der Waals surface area contributed by atoms with Crippen molar-refractivity contribution < 1.29 is 19.1 Å². The van der Waals surface area contributed by atoms with Crippen molar-refractivity contribution in [1.82, 2.24) is 25.2 Å². The summed E-state index contributed by atoms with van der Waals surface area (Å²) in [6.45, 7) is 8.08. The van der Waals surface area contributed by atoms with Crippen molar-refractivity contribution in [2.75, 3.05) is 14.2 Å². The molecule has 1 aromatic heterocycles. The lowest BCUT2D eigenvalue weighted by molar-refractivity contribution is -0.143. The third-order valence-corrected chi connectivity index (χ3v) is 7.13. The second kappa shape index (κ2) is 12.2. The first-order chi connectivity index (χ1) is 19.2. The largest absolute Gasteiger partial charge is 0.493 e. The Balaban J connectivity index is 1.81. The molecule has 0 saturated heterocycles. The van der Waals surface area contributed by atoms with Gasteiger partial charge in [-0.25, -0.2) is 4.68 Å². The Labute approximate surface area is 235 Å². The number of amides is 2. The monoisotopic (exact) mass is 543 g/mol. The molecule has 1 unspecified atom stereocenters. The van der Waals surface area contributed by atoms with Crippen LogP contribution in [0.25, 0.3) is 11.0 Å². The number of aromatic nitrogens is 3. The van der Waals surface area contributed by atoms with E-state index in [1.54, 1.807) is 42.0 Å². The van der Waals surface area contributed by atoms with Crippen LogP contribution in [-0.2, 0) is 22.7 Å². The van der Waals surface area contributed by atoms with E-state index in [-0.39, 0.29) is 24.9 Å². The fourth-order valence-corrected chi connectivity index (χ4v) is 4.45. The zero-order valence-electron chi connectivity index (χ0n) is 24.0. The molecule has 9 heteroatoms. The van der Waals surface area contributed by atoms with Gasteiger partial charge in [0.15, 0.2) is 11.5 Å². The minimum atomic E-state index is -0.950. The summed E-state index contributed by atoms with van der Waals surface area (Å²) >= 11 is 0. The third-order valence-electron chi connectivity index (χ3n) is 7.13. The van der Waals surface area contributed by atoms with E-state index in [0.717, 1.165) is 16.6 Å². The maximum atomic E-state index is 14.2. The van der Waals surface area contributed by atoms with Gasteiger partial charge in [-0.3, -0.25) is 9.59 Å². The molecule has 0 spiro atoms. The fraction of sp³-hybridized carbons (Fsp3) is 0.355. The van der Waals surface area contributed by atoms with Gasteiger partial charge in [0.25, 0.3) is 0 Å². The van der Waals surface area contributed by atoms with Gasteiger partial charge in [-0.1, -0.05) is 60.2 Å². The number of carbonyl (C=O) groups excluding carboxylic acids is 2. The molecule has 2 amide bonds. The highest BCUT2D eigenvalue weighted by Gasteiger charge is 2.35. The van der Waals surface area contributed by atoms with Gasteiger partial charge in [-0.15, -0.1) is 5.10 Å². The number of nitrogens with zero attached hydrogens (tertiary/aromatic N) is 4. The van der Waals surface area contributed by atoms with Crippen LogP contribution in [-0.4, -0.2) is 51.5 Å². The van der Waals surface area contributed by atoms with Crippen LogP contribution in [0.4, 0.5) is 0 Å². The van der Waals surface area contributed by atoms with Crippen LogP contribution in [0.3, 0.4) is 0 Å². The Kier molecular flexibility index (Phi) is 8.72. The summed E-state index contributed by atoms with van der Waals surface area (Å²) in [5, 5.41) is 11.6. The lowest BCUT2D eigenvalue weighted by Gasteiger charge is -2.35. The molecule has 210 valence electrons. The molecule has 0 aliphatic rings. The number of benzene rings is 3. The first-order valence-electron chi connectivity index (χ1n) is 13.3. The SMILES string of the molecule is CCC(C)(C)NC(=O)C(c1ccc(OC)c(OC)c1)N(Cc1ccc(C)cc1)C(=O)Cn1nnc2ccccc21. The van der Waals surface area contributed by atoms with Crippen molar-refractivity contribution in [3.8, 4) is 11.5 Å². The van der Waals surface area contributed by atoms with Crippen LogP contribution >= 0.6 is 0 Å². The number of rotatable bonds is 11. The molecule has 0 radical (unpaired) electrons. The number of para-hydroxylation sites is 1. The predicted molar refractivity (Wildman–Crippen MR) is 154 cm³/mol. The number of aryl methyl sites for hydroxylation is 1. The van der Waals surface area contributed by atoms with Crippen LogP contribution in [0, 0.1) is 6.92 Å². The molecule has 0 aliphatic heterocycles. The van der Waals surface area contributed by atoms with Gasteiger partial charge < -0.3 is 19.7 Å². The van der Waals surface area contributed by atoms with Gasteiger partial charge >= 0.3 is 0 Å². The first-order valence-corrected chi connectivity index (χ1v) is 13.3. The normalized spacial score (nSPS) is 12.2. The van der Waals surface area contributed by atoms with E-state index in [1.807, 2.05) is 76.2 Å². The summed E-state index contributed by atoms with van der Waals surface area (Å²) in [5.74, 6) is 0.436. The van der Waals surface area contributed by atoms with E-state index in [0.29, 0.717) is 29.0 Å². The Morgan fingerprint density at radius 1 is 1.00 bits per heavy atom. The highest BCUT2D eigenvalue weighted by atomic mass is 16.5. The van der Waals surface area contributed by atoms with Crippen LogP contribution < -0.4 is 14.8 Å². The number of hydrogen-bond donors (Lipinski definition) is 1. The molecule has 0 aliphatic carbocycles. The summed E-state index contributed by atoms with van der Waals surface area (Å²) in [5.41, 5.74) is 3.56. The average Bonchev–Trinajstić information content (AvgIpc) is 3.36. The molecule has 1 N–H and O–H groups in total. The molecule has 1 atom stereocenters. The zero-order valence-corrected chi connectivity index (χ0v) is 24.0. The summed E-state index contributed by atoms with van der Waals surface area (Å²) < 4.78 is 12.6. The number of carbonyl (C=O) groups is 2. The van der Waals surface area contributed by atoms with E-state index in [2.05, 4.69) is 15.6 Å². The van der Waals surface area contributed by atoms with Gasteiger partial charge in [0.2, 0.25) is 11.8 Å². The maximum absolute atomic E-state index is 14.2.